The molecule has 2 aromatic rings. The maximum absolute atomic E-state index is 11.8. The Labute approximate surface area is 141 Å². The number of hydrogen-bond donors (Lipinski definition) is 1. The smallest absolute Gasteiger partial charge is 0.262 e. The third-order valence-corrected chi connectivity index (χ3v) is 3.64. The number of carbonyl (C=O) groups is 2. The molecule has 0 atom stereocenters. The monoisotopic (exact) mass is 357 g/mol. The highest BCUT2D eigenvalue weighted by atomic mass is 35.5. The van der Waals surface area contributed by atoms with Crippen molar-refractivity contribution in [3.05, 3.63) is 57.0 Å². The summed E-state index contributed by atoms with van der Waals surface area (Å²) in [7, 11) is 0. The molecular formula is C15H10Cl3NO3. The van der Waals surface area contributed by atoms with E-state index >= 15 is 0 Å². The molecule has 0 bridgehead atoms. The summed E-state index contributed by atoms with van der Waals surface area (Å²) in [6.45, 7) is -0.261. The Bertz CT molecular complexity index is 719. The van der Waals surface area contributed by atoms with Crippen LogP contribution in [0.2, 0.25) is 15.1 Å². The van der Waals surface area contributed by atoms with Gasteiger partial charge in [-0.25, -0.2) is 0 Å². The van der Waals surface area contributed by atoms with E-state index in [0.717, 1.165) is 0 Å². The number of rotatable bonds is 5. The number of ether oxygens (including phenoxy) is 1. The Morgan fingerprint density at radius 1 is 1.09 bits per heavy atom. The number of nitrogens with one attached hydrogen (secondary N) is 1. The van der Waals surface area contributed by atoms with E-state index in [9.17, 15) is 9.59 Å². The molecule has 0 aliphatic rings. The Morgan fingerprint density at radius 3 is 2.55 bits per heavy atom. The van der Waals surface area contributed by atoms with Crippen LogP contribution >= 0.6 is 34.8 Å². The van der Waals surface area contributed by atoms with Gasteiger partial charge in [-0.05, 0) is 36.4 Å². The third kappa shape index (κ3) is 4.37. The van der Waals surface area contributed by atoms with Crippen molar-refractivity contribution in [3.63, 3.8) is 0 Å². The third-order valence-electron chi connectivity index (χ3n) is 2.66. The van der Waals surface area contributed by atoms with Crippen molar-refractivity contribution in [1.29, 1.82) is 0 Å². The SMILES string of the molecule is O=Cc1cc(Cl)ccc1OCC(=O)Nc1ccc(Cl)c(Cl)c1. The first kappa shape index (κ1) is 16.6. The summed E-state index contributed by atoms with van der Waals surface area (Å²) in [6.07, 6.45) is 0.609. The van der Waals surface area contributed by atoms with Gasteiger partial charge in [-0.2, -0.15) is 0 Å². The van der Waals surface area contributed by atoms with Crippen molar-refractivity contribution < 1.29 is 14.3 Å². The molecule has 0 fully saturated rings. The Balaban J connectivity index is 1.98. The Kier molecular flexibility index (Phi) is 5.66. The summed E-state index contributed by atoms with van der Waals surface area (Å²) in [5.41, 5.74) is 0.768. The van der Waals surface area contributed by atoms with Gasteiger partial charge in [0.2, 0.25) is 0 Å². The summed E-state index contributed by atoms with van der Waals surface area (Å²) < 4.78 is 5.31. The van der Waals surface area contributed by atoms with E-state index < -0.39 is 5.91 Å². The van der Waals surface area contributed by atoms with Gasteiger partial charge in [0.05, 0.1) is 15.6 Å². The summed E-state index contributed by atoms with van der Waals surface area (Å²) in [5, 5.41) is 3.75. The number of halogens is 3. The summed E-state index contributed by atoms with van der Waals surface area (Å²) >= 11 is 17.4. The number of hydrogen-bond acceptors (Lipinski definition) is 3. The summed E-state index contributed by atoms with van der Waals surface area (Å²) in [5.74, 6) is -0.117. The van der Waals surface area contributed by atoms with Crippen LogP contribution in [0.15, 0.2) is 36.4 Å². The predicted octanol–water partition coefficient (Wildman–Crippen LogP) is 4.48. The van der Waals surface area contributed by atoms with E-state index in [0.29, 0.717) is 27.0 Å². The second-order valence-corrected chi connectivity index (χ2v) is 5.52. The van der Waals surface area contributed by atoms with E-state index in [1.165, 1.54) is 18.2 Å². The van der Waals surface area contributed by atoms with Gasteiger partial charge in [-0.1, -0.05) is 34.8 Å². The lowest BCUT2D eigenvalue weighted by atomic mass is 10.2. The van der Waals surface area contributed by atoms with Crippen molar-refractivity contribution in [2.24, 2.45) is 0 Å². The summed E-state index contributed by atoms with van der Waals surface area (Å²) in [6, 6.07) is 9.27. The normalized spacial score (nSPS) is 10.1. The molecule has 0 aliphatic carbocycles. The minimum absolute atomic E-state index is 0.261. The van der Waals surface area contributed by atoms with Crippen LogP contribution in [0.5, 0.6) is 5.75 Å². The van der Waals surface area contributed by atoms with Crippen LogP contribution in [-0.4, -0.2) is 18.8 Å². The van der Waals surface area contributed by atoms with E-state index in [4.69, 9.17) is 39.5 Å². The van der Waals surface area contributed by atoms with Gasteiger partial charge in [0, 0.05) is 10.7 Å². The first-order chi connectivity index (χ1) is 10.5. The average molecular weight is 359 g/mol. The standard InChI is InChI=1S/C15H10Cl3NO3/c16-10-1-4-14(9(5-10)7-20)22-8-15(21)19-11-2-3-12(17)13(18)6-11/h1-7H,8H2,(H,19,21). The first-order valence-electron chi connectivity index (χ1n) is 6.12. The van der Waals surface area contributed by atoms with E-state index in [1.807, 2.05) is 0 Å². The van der Waals surface area contributed by atoms with Crippen LogP contribution in [0.25, 0.3) is 0 Å². The molecule has 2 aromatic carbocycles. The second-order valence-electron chi connectivity index (χ2n) is 4.27. The van der Waals surface area contributed by atoms with Gasteiger partial charge >= 0.3 is 0 Å². The Morgan fingerprint density at radius 2 is 1.86 bits per heavy atom. The number of anilines is 1. The van der Waals surface area contributed by atoms with Crippen LogP contribution in [-0.2, 0) is 4.79 Å². The van der Waals surface area contributed by atoms with Gasteiger partial charge in [0.25, 0.3) is 5.91 Å². The number of amides is 1. The van der Waals surface area contributed by atoms with Gasteiger partial charge in [0.1, 0.15) is 5.75 Å². The Hall–Kier alpha value is -1.75. The molecule has 22 heavy (non-hydrogen) atoms. The van der Waals surface area contributed by atoms with Gasteiger partial charge in [-0.3, -0.25) is 9.59 Å². The highest BCUT2D eigenvalue weighted by Gasteiger charge is 2.08. The fourth-order valence-corrected chi connectivity index (χ4v) is 2.14. The number of benzene rings is 2. The fraction of sp³-hybridized carbons (Fsp3) is 0.0667. The van der Waals surface area contributed by atoms with E-state index in [2.05, 4.69) is 5.32 Å². The van der Waals surface area contributed by atoms with Crippen LogP contribution < -0.4 is 10.1 Å². The van der Waals surface area contributed by atoms with Crippen LogP contribution in [0.3, 0.4) is 0 Å². The minimum atomic E-state index is -0.398. The van der Waals surface area contributed by atoms with Gasteiger partial charge in [0.15, 0.2) is 12.9 Å². The number of aldehydes is 1. The molecule has 2 rings (SSSR count). The lowest BCUT2D eigenvalue weighted by Gasteiger charge is -2.09. The molecule has 0 aliphatic heterocycles. The van der Waals surface area contributed by atoms with Crippen LogP contribution in [0.4, 0.5) is 5.69 Å². The average Bonchev–Trinajstić information content (AvgIpc) is 2.49. The predicted molar refractivity (Wildman–Crippen MR) is 87.4 cm³/mol. The molecule has 0 saturated carbocycles. The molecule has 7 heteroatoms. The molecule has 0 unspecified atom stereocenters. The maximum atomic E-state index is 11.8. The molecule has 1 amide bonds. The zero-order valence-corrected chi connectivity index (χ0v) is 13.4. The lowest BCUT2D eigenvalue weighted by Crippen LogP contribution is -2.20. The van der Waals surface area contributed by atoms with Crippen molar-refractivity contribution in [3.8, 4) is 5.75 Å². The molecule has 114 valence electrons. The van der Waals surface area contributed by atoms with Crippen molar-refractivity contribution in [2.75, 3.05) is 11.9 Å². The van der Waals surface area contributed by atoms with Gasteiger partial charge in [-0.15, -0.1) is 0 Å². The van der Waals surface area contributed by atoms with E-state index in [1.54, 1.807) is 18.2 Å². The first-order valence-corrected chi connectivity index (χ1v) is 7.25. The quantitative estimate of drug-likeness (QED) is 0.802. The van der Waals surface area contributed by atoms with Gasteiger partial charge < -0.3 is 10.1 Å². The second kappa shape index (κ2) is 7.49. The zero-order valence-electron chi connectivity index (χ0n) is 11.1. The topological polar surface area (TPSA) is 55.4 Å². The summed E-state index contributed by atoms with van der Waals surface area (Å²) in [4.78, 5) is 22.7. The largest absolute Gasteiger partial charge is 0.483 e. The van der Waals surface area contributed by atoms with Crippen molar-refractivity contribution in [1.82, 2.24) is 0 Å². The molecule has 0 heterocycles. The number of carbonyl (C=O) groups excluding carboxylic acids is 2. The maximum Gasteiger partial charge on any atom is 0.262 e. The van der Waals surface area contributed by atoms with Crippen LogP contribution in [0, 0.1) is 0 Å². The van der Waals surface area contributed by atoms with E-state index in [-0.39, 0.29) is 17.9 Å². The molecule has 0 spiro atoms. The lowest BCUT2D eigenvalue weighted by molar-refractivity contribution is -0.118. The van der Waals surface area contributed by atoms with Crippen molar-refractivity contribution in [2.45, 2.75) is 0 Å². The highest BCUT2D eigenvalue weighted by Crippen LogP contribution is 2.25. The minimum Gasteiger partial charge on any atom is -0.483 e. The molecule has 1 N–H and O–H groups in total. The molecular weight excluding hydrogens is 349 g/mol. The molecule has 0 radical (unpaired) electrons. The fourth-order valence-electron chi connectivity index (χ4n) is 1.66. The molecule has 4 nitrogen and oxygen atoms in total. The highest BCUT2D eigenvalue weighted by molar-refractivity contribution is 6.42. The van der Waals surface area contributed by atoms with Crippen LogP contribution in [0.1, 0.15) is 10.4 Å². The molecule has 0 aromatic heterocycles. The van der Waals surface area contributed by atoms with Crippen molar-refractivity contribution >= 4 is 52.7 Å². The zero-order chi connectivity index (χ0) is 16.1. The molecule has 0 saturated heterocycles.